The average molecular weight is 416 g/mol. The standard InChI is InChI=1S/C24H24N4O3/c1-17-21(26-23(31-17)20-7-3-2-4-8-20)9-5-6-18-10-12-19(13-11-18)16-22(24(29)30)28-15-14-25-27-28/h2-4,7-8,10-15,22H,5-6,9,16H2,1H3,(H,29,30)/t22-/m1/s1. The molecule has 0 aliphatic heterocycles. The zero-order valence-corrected chi connectivity index (χ0v) is 17.3. The summed E-state index contributed by atoms with van der Waals surface area (Å²) in [4.78, 5) is 16.2. The molecule has 4 aromatic rings. The topological polar surface area (TPSA) is 94.0 Å². The number of aliphatic carboxylic acids is 1. The zero-order chi connectivity index (χ0) is 21.6. The Kier molecular flexibility index (Phi) is 6.21. The molecule has 7 nitrogen and oxygen atoms in total. The van der Waals surface area contributed by atoms with E-state index in [0.717, 1.165) is 41.8 Å². The predicted octanol–water partition coefficient (Wildman–Crippen LogP) is 4.29. The Balaban J connectivity index is 1.33. The summed E-state index contributed by atoms with van der Waals surface area (Å²) in [7, 11) is 0. The van der Waals surface area contributed by atoms with Gasteiger partial charge in [-0.05, 0) is 49.4 Å². The summed E-state index contributed by atoms with van der Waals surface area (Å²) < 4.78 is 7.21. The molecule has 7 heteroatoms. The molecule has 0 aliphatic rings. The lowest BCUT2D eigenvalue weighted by molar-refractivity contribution is -0.141. The minimum absolute atomic E-state index is 0.360. The molecule has 1 atom stereocenters. The van der Waals surface area contributed by atoms with Gasteiger partial charge in [-0.1, -0.05) is 47.7 Å². The molecule has 0 spiro atoms. The van der Waals surface area contributed by atoms with Crippen molar-refractivity contribution in [3.8, 4) is 11.5 Å². The maximum absolute atomic E-state index is 11.6. The number of hydrogen-bond donors (Lipinski definition) is 1. The summed E-state index contributed by atoms with van der Waals surface area (Å²) in [5.74, 6) is 0.604. The van der Waals surface area contributed by atoms with Crippen molar-refractivity contribution in [1.29, 1.82) is 0 Å². The molecule has 1 N–H and O–H groups in total. The highest BCUT2D eigenvalue weighted by atomic mass is 16.4. The lowest BCUT2D eigenvalue weighted by Crippen LogP contribution is -2.22. The van der Waals surface area contributed by atoms with E-state index in [2.05, 4.69) is 27.4 Å². The Bertz CT molecular complexity index is 1120. The number of nitrogens with zero attached hydrogens (tertiary/aromatic N) is 4. The maximum atomic E-state index is 11.6. The number of carboxylic acids is 1. The summed E-state index contributed by atoms with van der Waals surface area (Å²) in [5.41, 5.74) is 4.14. The molecule has 0 saturated heterocycles. The van der Waals surface area contributed by atoms with E-state index in [-0.39, 0.29) is 0 Å². The molecule has 0 amide bonds. The van der Waals surface area contributed by atoms with Gasteiger partial charge in [-0.25, -0.2) is 14.5 Å². The minimum Gasteiger partial charge on any atom is -0.480 e. The fraction of sp³-hybridized carbons (Fsp3) is 0.250. The molecule has 0 saturated carbocycles. The summed E-state index contributed by atoms with van der Waals surface area (Å²) in [6.45, 7) is 1.96. The number of aryl methyl sites for hydroxylation is 3. The first kappa shape index (κ1) is 20.5. The van der Waals surface area contributed by atoms with Gasteiger partial charge in [0.25, 0.3) is 0 Å². The fourth-order valence-corrected chi connectivity index (χ4v) is 3.57. The Morgan fingerprint density at radius 3 is 2.48 bits per heavy atom. The van der Waals surface area contributed by atoms with Crippen LogP contribution in [0.1, 0.15) is 35.0 Å². The molecule has 0 unspecified atom stereocenters. The molecule has 158 valence electrons. The molecule has 4 rings (SSSR count). The molecule has 2 aromatic heterocycles. The Labute approximate surface area is 180 Å². The first-order chi connectivity index (χ1) is 15.1. The van der Waals surface area contributed by atoms with Crippen molar-refractivity contribution in [2.45, 2.75) is 38.6 Å². The number of benzene rings is 2. The number of aromatic nitrogens is 4. The summed E-state index contributed by atoms with van der Waals surface area (Å²) in [5, 5.41) is 17.0. The molecule has 0 aliphatic carbocycles. The second-order valence-electron chi connectivity index (χ2n) is 7.50. The molecular weight excluding hydrogens is 392 g/mol. The van der Waals surface area contributed by atoms with Gasteiger partial charge in [0.2, 0.25) is 5.89 Å². The van der Waals surface area contributed by atoms with Crippen LogP contribution < -0.4 is 0 Å². The van der Waals surface area contributed by atoms with E-state index < -0.39 is 12.0 Å². The van der Waals surface area contributed by atoms with E-state index in [4.69, 9.17) is 4.42 Å². The molecule has 2 heterocycles. The van der Waals surface area contributed by atoms with Crippen LogP contribution in [0.4, 0.5) is 0 Å². The highest BCUT2D eigenvalue weighted by Gasteiger charge is 2.20. The van der Waals surface area contributed by atoms with Crippen LogP contribution in [0.3, 0.4) is 0 Å². The zero-order valence-electron chi connectivity index (χ0n) is 17.3. The van der Waals surface area contributed by atoms with Gasteiger partial charge in [0, 0.05) is 18.2 Å². The molecule has 31 heavy (non-hydrogen) atoms. The van der Waals surface area contributed by atoms with Crippen molar-refractivity contribution in [1.82, 2.24) is 20.0 Å². The van der Waals surface area contributed by atoms with E-state index in [0.29, 0.717) is 12.3 Å². The van der Waals surface area contributed by atoms with Gasteiger partial charge < -0.3 is 9.52 Å². The second-order valence-corrected chi connectivity index (χ2v) is 7.50. The fourth-order valence-electron chi connectivity index (χ4n) is 3.57. The van der Waals surface area contributed by atoms with E-state index in [9.17, 15) is 9.90 Å². The van der Waals surface area contributed by atoms with Crippen LogP contribution in [0.2, 0.25) is 0 Å². The summed E-state index contributed by atoms with van der Waals surface area (Å²) >= 11 is 0. The van der Waals surface area contributed by atoms with E-state index in [1.54, 1.807) is 6.20 Å². The van der Waals surface area contributed by atoms with Crippen LogP contribution in [-0.2, 0) is 24.1 Å². The number of rotatable bonds is 9. The highest BCUT2D eigenvalue weighted by Crippen LogP contribution is 2.22. The SMILES string of the molecule is Cc1oc(-c2ccccc2)nc1CCCc1ccc(C[C@H](C(=O)O)n2ccnn2)cc1. The van der Waals surface area contributed by atoms with Crippen LogP contribution in [0.5, 0.6) is 0 Å². The maximum Gasteiger partial charge on any atom is 0.328 e. The van der Waals surface area contributed by atoms with Gasteiger partial charge in [0.1, 0.15) is 5.76 Å². The van der Waals surface area contributed by atoms with Crippen LogP contribution >= 0.6 is 0 Å². The smallest absolute Gasteiger partial charge is 0.328 e. The Morgan fingerprint density at radius 1 is 1.06 bits per heavy atom. The van der Waals surface area contributed by atoms with Gasteiger partial charge in [-0.15, -0.1) is 5.10 Å². The summed E-state index contributed by atoms with van der Waals surface area (Å²) in [6, 6.07) is 17.2. The molecule has 0 bridgehead atoms. The lowest BCUT2D eigenvalue weighted by atomic mass is 10.0. The third-order valence-corrected chi connectivity index (χ3v) is 5.29. The molecule has 2 aromatic carbocycles. The van der Waals surface area contributed by atoms with Crippen LogP contribution in [-0.4, -0.2) is 31.1 Å². The predicted molar refractivity (Wildman–Crippen MR) is 116 cm³/mol. The Morgan fingerprint density at radius 2 is 1.81 bits per heavy atom. The molecule has 0 fully saturated rings. The lowest BCUT2D eigenvalue weighted by Gasteiger charge is -2.12. The minimum atomic E-state index is -0.924. The van der Waals surface area contributed by atoms with Crippen LogP contribution in [0.25, 0.3) is 11.5 Å². The highest BCUT2D eigenvalue weighted by molar-refractivity contribution is 5.72. The van der Waals surface area contributed by atoms with Crippen LogP contribution in [0.15, 0.2) is 71.4 Å². The Hall–Kier alpha value is -3.74. The van der Waals surface area contributed by atoms with Gasteiger partial charge in [-0.2, -0.15) is 0 Å². The number of carboxylic acid groups (broad SMARTS) is 1. The third-order valence-electron chi connectivity index (χ3n) is 5.29. The number of oxazole rings is 1. The van der Waals surface area contributed by atoms with Gasteiger partial charge in [0.05, 0.1) is 11.9 Å². The van der Waals surface area contributed by atoms with E-state index in [1.165, 1.54) is 16.4 Å². The van der Waals surface area contributed by atoms with Crippen molar-refractivity contribution in [2.75, 3.05) is 0 Å². The summed E-state index contributed by atoms with van der Waals surface area (Å²) in [6.07, 6.45) is 6.13. The van der Waals surface area contributed by atoms with Crippen molar-refractivity contribution in [2.24, 2.45) is 0 Å². The first-order valence-corrected chi connectivity index (χ1v) is 10.3. The van der Waals surface area contributed by atoms with Gasteiger partial charge in [-0.3, -0.25) is 0 Å². The van der Waals surface area contributed by atoms with Crippen molar-refractivity contribution in [3.05, 3.63) is 89.6 Å². The molecule has 0 radical (unpaired) electrons. The monoisotopic (exact) mass is 416 g/mol. The van der Waals surface area contributed by atoms with E-state index in [1.807, 2.05) is 49.4 Å². The first-order valence-electron chi connectivity index (χ1n) is 10.3. The van der Waals surface area contributed by atoms with E-state index >= 15 is 0 Å². The van der Waals surface area contributed by atoms with Crippen molar-refractivity contribution < 1.29 is 14.3 Å². The number of carbonyl (C=O) groups is 1. The molecular formula is C24H24N4O3. The third kappa shape index (κ3) is 5.06. The van der Waals surface area contributed by atoms with Crippen molar-refractivity contribution in [3.63, 3.8) is 0 Å². The number of hydrogen-bond acceptors (Lipinski definition) is 5. The normalized spacial score (nSPS) is 12.0. The largest absolute Gasteiger partial charge is 0.480 e. The van der Waals surface area contributed by atoms with Crippen molar-refractivity contribution >= 4 is 5.97 Å². The van der Waals surface area contributed by atoms with Crippen LogP contribution in [0, 0.1) is 6.92 Å². The second kappa shape index (κ2) is 9.38. The average Bonchev–Trinajstić information content (AvgIpc) is 3.44. The van der Waals surface area contributed by atoms with Gasteiger partial charge in [0.15, 0.2) is 6.04 Å². The quantitative estimate of drug-likeness (QED) is 0.438. The van der Waals surface area contributed by atoms with Gasteiger partial charge >= 0.3 is 5.97 Å².